The highest BCUT2D eigenvalue weighted by Crippen LogP contribution is 2.31. The zero-order valence-electron chi connectivity index (χ0n) is 10.6. The third kappa shape index (κ3) is 3.17. The fourth-order valence-electron chi connectivity index (χ4n) is 1.98. The number of hydrogen-bond acceptors (Lipinski definition) is 2. The SMILES string of the molecule is Cc1cc(OC(F)(F)F)ccc1-c1ccccc1C=O. The summed E-state index contributed by atoms with van der Waals surface area (Å²) in [5.74, 6) is -0.276. The van der Waals surface area contributed by atoms with Crippen LogP contribution in [0.1, 0.15) is 15.9 Å². The molecule has 0 heterocycles. The molecule has 0 aliphatic heterocycles. The van der Waals surface area contributed by atoms with Crippen LogP contribution in [0.4, 0.5) is 13.2 Å². The van der Waals surface area contributed by atoms with Gasteiger partial charge in [-0.05, 0) is 35.7 Å². The van der Waals surface area contributed by atoms with Gasteiger partial charge in [-0.2, -0.15) is 0 Å². The van der Waals surface area contributed by atoms with Crippen molar-refractivity contribution in [3.05, 3.63) is 53.6 Å². The second kappa shape index (κ2) is 5.36. The summed E-state index contributed by atoms with van der Waals surface area (Å²) in [7, 11) is 0. The molecule has 2 rings (SSSR count). The Morgan fingerprint density at radius 2 is 1.75 bits per heavy atom. The van der Waals surface area contributed by atoms with Gasteiger partial charge in [0.05, 0.1) is 0 Å². The fraction of sp³-hybridized carbons (Fsp3) is 0.133. The predicted octanol–water partition coefficient (Wildman–Crippen LogP) is 4.37. The molecule has 0 fully saturated rings. The zero-order chi connectivity index (χ0) is 14.8. The molecule has 0 saturated heterocycles. The van der Waals surface area contributed by atoms with Crippen LogP contribution in [0.2, 0.25) is 0 Å². The molecule has 2 nitrogen and oxygen atoms in total. The molecule has 0 bridgehead atoms. The van der Waals surface area contributed by atoms with Crippen LogP contribution < -0.4 is 4.74 Å². The van der Waals surface area contributed by atoms with Crippen LogP contribution in [-0.2, 0) is 0 Å². The van der Waals surface area contributed by atoms with Crippen LogP contribution in [0, 0.1) is 6.92 Å². The average molecular weight is 280 g/mol. The van der Waals surface area contributed by atoms with Gasteiger partial charge in [-0.3, -0.25) is 4.79 Å². The molecule has 0 radical (unpaired) electrons. The van der Waals surface area contributed by atoms with Crippen molar-refractivity contribution in [1.82, 2.24) is 0 Å². The minimum Gasteiger partial charge on any atom is -0.406 e. The van der Waals surface area contributed by atoms with Crippen molar-refractivity contribution in [2.45, 2.75) is 13.3 Å². The van der Waals surface area contributed by atoms with Crippen molar-refractivity contribution in [3.8, 4) is 16.9 Å². The van der Waals surface area contributed by atoms with Gasteiger partial charge in [0, 0.05) is 5.56 Å². The van der Waals surface area contributed by atoms with E-state index in [1.807, 2.05) is 0 Å². The summed E-state index contributed by atoms with van der Waals surface area (Å²) in [6, 6.07) is 10.9. The standard InChI is InChI=1S/C15H11F3O2/c1-10-8-12(20-15(16,17)18)6-7-13(10)14-5-3-2-4-11(14)9-19/h2-9H,1H3. The average Bonchev–Trinajstić information content (AvgIpc) is 2.37. The summed E-state index contributed by atoms with van der Waals surface area (Å²) in [6.45, 7) is 1.67. The second-order valence-electron chi connectivity index (χ2n) is 4.23. The lowest BCUT2D eigenvalue weighted by atomic mass is 9.96. The Hall–Kier alpha value is -2.30. The van der Waals surface area contributed by atoms with Gasteiger partial charge >= 0.3 is 6.36 Å². The van der Waals surface area contributed by atoms with Gasteiger partial charge in [0.25, 0.3) is 0 Å². The third-order valence-electron chi connectivity index (χ3n) is 2.81. The molecular formula is C15H11F3O2. The van der Waals surface area contributed by atoms with E-state index in [1.165, 1.54) is 18.2 Å². The first-order chi connectivity index (χ1) is 9.40. The highest BCUT2D eigenvalue weighted by molar-refractivity contribution is 5.88. The molecule has 0 N–H and O–H groups in total. The molecule has 0 saturated carbocycles. The maximum atomic E-state index is 12.1. The van der Waals surface area contributed by atoms with Crippen molar-refractivity contribution >= 4 is 6.29 Å². The first kappa shape index (κ1) is 14.1. The summed E-state index contributed by atoms with van der Waals surface area (Å²) >= 11 is 0. The van der Waals surface area contributed by atoms with Crippen molar-refractivity contribution in [2.75, 3.05) is 0 Å². The van der Waals surface area contributed by atoms with E-state index in [9.17, 15) is 18.0 Å². The van der Waals surface area contributed by atoms with Crippen LogP contribution in [0.5, 0.6) is 5.75 Å². The molecule has 0 aliphatic carbocycles. The minimum absolute atomic E-state index is 0.276. The van der Waals surface area contributed by atoms with E-state index >= 15 is 0 Å². The summed E-state index contributed by atoms with van der Waals surface area (Å²) in [5, 5.41) is 0. The summed E-state index contributed by atoms with van der Waals surface area (Å²) in [6.07, 6.45) is -4.00. The van der Waals surface area contributed by atoms with E-state index in [0.29, 0.717) is 22.3 Å². The van der Waals surface area contributed by atoms with Gasteiger partial charge in [0.15, 0.2) is 6.29 Å². The first-order valence-corrected chi connectivity index (χ1v) is 5.81. The fourth-order valence-corrected chi connectivity index (χ4v) is 1.98. The number of carbonyl (C=O) groups is 1. The van der Waals surface area contributed by atoms with E-state index in [2.05, 4.69) is 4.74 Å². The van der Waals surface area contributed by atoms with Crippen molar-refractivity contribution in [3.63, 3.8) is 0 Å². The summed E-state index contributed by atoms with van der Waals surface area (Å²) in [4.78, 5) is 11.0. The predicted molar refractivity (Wildman–Crippen MR) is 68.7 cm³/mol. The minimum atomic E-state index is -4.71. The lowest BCUT2D eigenvalue weighted by Gasteiger charge is -2.12. The zero-order valence-corrected chi connectivity index (χ0v) is 10.6. The molecule has 0 aromatic heterocycles. The number of rotatable bonds is 3. The molecular weight excluding hydrogens is 269 g/mol. The van der Waals surface area contributed by atoms with Crippen molar-refractivity contribution in [2.24, 2.45) is 0 Å². The monoisotopic (exact) mass is 280 g/mol. The normalized spacial score (nSPS) is 11.2. The highest BCUT2D eigenvalue weighted by atomic mass is 19.4. The van der Waals surface area contributed by atoms with Crippen molar-refractivity contribution in [1.29, 1.82) is 0 Å². The maximum absolute atomic E-state index is 12.1. The molecule has 0 atom stereocenters. The Balaban J connectivity index is 2.42. The molecule has 20 heavy (non-hydrogen) atoms. The Morgan fingerprint density at radius 1 is 1.05 bits per heavy atom. The molecule has 5 heteroatoms. The number of alkyl halides is 3. The number of hydrogen-bond donors (Lipinski definition) is 0. The number of ether oxygens (including phenoxy) is 1. The van der Waals surface area contributed by atoms with E-state index in [1.54, 1.807) is 31.2 Å². The van der Waals surface area contributed by atoms with E-state index in [-0.39, 0.29) is 5.75 Å². The first-order valence-electron chi connectivity index (χ1n) is 5.81. The van der Waals surface area contributed by atoms with Gasteiger partial charge in [0.2, 0.25) is 0 Å². The topological polar surface area (TPSA) is 26.3 Å². The van der Waals surface area contributed by atoms with Crippen LogP contribution in [-0.4, -0.2) is 12.6 Å². The Labute approximate surface area is 113 Å². The highest BCUT2D eigenvalue weighted by Gasteiger charge is 2.31. The lowest BCUT2D eigenvalue weighted by molar-refractivity contribution is -0.274. The Morgan fingerprint density at radius 3 is 2.35 bits per heavy atom. The summed E-state index contributed by atoms with van der Waals surface area (Å²) < 4.78 is 40.3. The van der Waals surface area contributed by atoms with E-state index in [0.717, 1.165) is 6.29 Å². The quantitative estimate of drug-likeness (QED) is 0.780. The van der Waals surface area contributed by atoms with Gasteiger partial charge in [-0.1, -0.05) is 30.3 Å². The Bertz CT molecular complexity index is 633. The van der Waals surface area contributed by atoms with Gasteiger partial charge in [-0.15, -0.1) is 13.2 Å². The lowest BCUT2D eigenvalue weighted by Crippen LogP contribution is -2.17. The van der Waals surface area contributed by atoms with Gasteiger partial charge in [-0.25, -0.2) is 0 Å². The van der Waals surface area contributed by atoms with E-state index < -0.39 is 6.36 Å². The third-order valence-corrected chi connectivity index (χ3v) is 2.81. The molecule has 0 unspecified atom stereocenters. The van der Waals surface area contributed by atoms with Crippen LogP contribution in [0.15, 0.2) is 42.5 Å². The number of benzene rings is 2. The van der Waals surface area contributed by atoms with Gasteiger partial charge in [0.1, 0.15) is 5.75 Å². The molecule has 0 spiro atoms. The molecule has 0 aliphatic rings. The summed E-state index contributed by atoms with van der Waals surface area (Å²) in [5.41, 5.74) is 2.46. The number of halogens is 3. The number of aryl methyl sites for hydroxylation is 1. The van der Waals surface area contributed by atoms with Gasteiger partial charge < -0.3 is 4.74 Å². The molecule has 2 aromatic carbocycles. The molecule has 104 valence electrons. The number of aldehydes is 1. The smallest absolute Gasteiger partial charge is 0.406 e. The van der Waals surface area contributed by atoms with E-state index in [4.69, 9.17) is 0 Å². The van der Waals surface area contributed by atoms with Crippen LogP contribution >= 0.6 is 0 Å². The Kier molecular flexibility index (Phi) is 3.79. The molecule has 2 aromatic rings. The number of carbonyl (C=O) groups excluding carboxylic acids is 1. The van der Waals surface area contributed by atoms with Crippen LogP contribution in [0.25, 0.3) is 11.1 Å². The largest absolute Gasteiger partial charge is 0.573 e. The second-order valence-corrected chi connectivity index (χ2v) is 4.23. The molecule has 0 amide bonds. The van der Waals surface area contributed by atoms with Crippen molar-refractivity contribution < 1.29 is 22.7 Å². The maximum Gasteiger partial charge on any atom is 0.573 e. The van der Waals surface area contributed by atoms with Crippen LogP contribution in [0.3, 0.4) is 0 Å².